The van der Waals surface area contributed by atoms with E-state index in [1.165, 1.54) is 16.4 Å². The molecule has 1 aromatic heterocycles. The van der Waals surface area contributed by atoms with Crippen molar-refractivity contribution in [2.45, 2.75) is 11.4 Å². The van der Waals surface area contributed by atoms with E-state index in [1.807, 2.05) is 0 Å². The normalized spacial score (nSPS) is 15.5. The Morgan fingerprint density at radius 3 is 2.50 bits per heavy atom. The molecule has 0 bridgehead atoms. The molecule has 2 heterocycles. The van der Waals surface area contributed by atoms with Crippen molar-refractivity contribution in [3.8, 4) is 0 Å². The summed E-state index contributed by atoms with van der Waals surface area (Å²) in [6.45, 7) is 1.24. The highest BCUT2D eigenvalue weighted by Crippen LogP contribution is 2.31. The molecule has 0 saturated carbocycles. The smallest absolute Gasteiger partial charge is 0.293 e. The van der Waals surface area contributed by atoms with Gasteiger partial charge in [0.25, 0.3) is 5.69 Å². The second-order valence-corrected chi connectivity index (χ2v) is 8.84. The van der Waals surface area contributed by atoms with Crippen LogP contribution in [0.3, 0.4) is 0 Å². The maximum Gasteiger partial charge on any atom is 0.293 e. The Labute approximate surface area is 172 Å². The van der Waals surface area contributed by atoms with E-state index in [1.54, 1.807) is 17.7 Å². The molecule has 9 nitrogen and oxygen atoms in total. The van der Waals surface area contributed by atoms with Gasteiger partial charge in [-0.15, -0.1) is 0 Å². The largest absolute Gasteiger partial charge is 0.379 e. The zero-order chi connectivity index (χ0) is 20.5. The SMILES string of the molecule is Cn1c(CNc2ccc(S(=O)(=O)N3CCOCC3)cc2[N+](=O)[O-])cc(Cl)c1Cl. The van der Waals surface area contributed by atoms with Crippen LogP contribution in [-0.4, -0.2) is 48.5 Å². The number of morpholine rings is 1. The zero-order valence-corrected chi connectivity index (χ0v) is 17.2. The first-order valence-electron chi connectivity index (χ1n) is 8.31. The van der Waals surface area contributed by atoms with Crippen LogP contribution in [-0.2, 0) is 28.4 Å². The average Bonchev–Trinajstić information content (AvgIpc) is 2.93. The van der Waals surface area contributed by atoms with Crippen LogP contribution < -0.4 is 5.32 Å². The molecule has 28 heavy (non-hydrogen) atoms. The van der Waals surface area contributed by atoms with Crippen LogP contribution in [0.25, 0.3) is 0 Å². The molecule has 0 unspecified atom stereocenters. The number of nitro groups is 1. The minimum absolute atomic E-state index is 0.128. The lowest BCUT2D eigenvalue weighted by Crippen LogP contribution is -2.40. The van der Waals surface area contributed by atoms with Gasteiger partial charge in [0, 0.05) is 31.9 Å². The van der Waals surface area contributed by atoms with Gasteiger partial charge in [-0.2, -0.15) is 4.31 Å². The predicted octanol–water partition coefficient (Wildman–Crippen LogP) is 2.87. The zero-order valence-electron chi connectivity index (χ0n) is 14.9. The van der Waals surface area contributed by atoms with Gasteiger partial charge in [-0.05, 0) is 18.2 Å². The third kappa shape index (κ3) is 4.11. The molecular formula is C16H18Cl2N4O5S. The standard InChI is InChI=1S/C16H18Cl2N4O5S/c1-20-11(8-13(17)16(20)18)10-19-14-3-2-12(9-15(14)22(23)24)28(25,26)21-4-6-27-7-5-21/h2-3,8-9,19H,4-7,10H2,1H3. The maximum atomic E-state index is 12.7. The molecule has 0 atom stereocenters. The molecule has 0 aliphatic carbocycles. The van der Waals surface area contributed by atoms with Crippen LogP contribution in [0, 0.1) is 10.1 Å². The van der Waals surface area contributed by atoms with Gasteiger partial charge >= 0.3 is 0 Å². The van der Waals surface area contributed by atoms with Gasteiger partial charge in [0.15, 0.2) is 0 Å². The Bertz CT molecular complexity index is 1000. The summed E-state index contributed by atoms with van der Waals surface area (Å²) in [5, 5.41) is 15.2. The van der Waals surface area contributed by atoms with Crippen molar-refractivity contribution in [3.05, 3.63) is 50.2 Å². The lowest BCUT2D eigenvalue weighted by atomic mass is 10.2. The van der Waals surface area contributed by atoms with Crippen LogP contribution in [0.1, 0.15) is 5.69 Å². The topological polar surface area (TPSA) is 107 Å². The average molecular weight is 449 g/mol. The van der Waals surface area contributed by atoms with Gasteiger partial charge in [0.1, 0.15) is 10.8 Å². The number of ether oxygens (including phenoxy) is 1. The Morgan fingerprint density at radius 1 is 1.25 bits per heavy atom. The molecule has 3 rings (SSSR count). The first-order valence-corrected chi connectivity index (χ1v) is 10.5. The van der Waals surface area contributed by atoms with Crippen LogP contribution in [0.5, 0.6) is 0 Å². The molecule has 1 aliphatic heterocycles. The summed E-state index contributed by atoms with van der Waals surface area (Å²) in [7, 11) is -2.11. The lowest BCUT2D eigenvalue weighted by Gasteiger charge is -2.26. The number of nitrogens with one attached hydrogen (secondary N) is 1. The van der Waals surface area contributed by atoms with Crippen molar-refractivity contribution in [1.29, 1.82) is 0 Å². The first kappa shape index (κ1) is 20.9. The molecule has 152 valence electrons. The molecular weight excluding hydrogens is 431 g/mol. The number of aromatic nitrogens is 1. The summed E-state index contributed by atoms with van der Waals surface area (Å²) in [5.41, 5.74) is 0.578. The molecule has 1 saturated heterocycles. The van der Waals surface area contributed by atoms with E-state index in [2.05, 4.69) is 5.32 Å². The van der Waals surface area contributed by atoms with Crippen LogP contribution >= 0.6 is 23.2 Å². The fraction of sp³-hybridized carbons (Fsp3) is 0.375. The van der Waals surface area contributed by atoms with E-state index in [0.29, 0.717) is 29.1 Å². The molecule has 1 N–H and O–H groups in total. The van der Waals surface area contributed by atoms with Crippen molar-refractivity contribution in [2.75, 3.05) is 31.6 Å². The molecule has 1 fully saturated rings. The third-order valence-electron chi connectivity index (χ3n) is 4.45. The number of nitrogens with zero attached hydrogens (tertiary/aromatic N) is 3. The van der Waals surface area contributed by atoms with E-state index < -0.39 is 14.9 Å². The Balaban J connectivity index is 1.87. The molecule has 0 spiro atoms. The highest BCUT2D eigenvalue weighted by Gasteiger charge is 2.29. The van der Waals surface area contributed by atoms with Gasteiger partial charge < -0.3 is 14.6 Å². The van der Waals surface area contributed by atoms with Gasteiger partial charge in [-0.1, -0.05) is 23.2 Å². The van der Waals surface area contributed by atoms with E-state index in [4.69, 9.17) is 27.9 Å². The summed E-state index contributed by atoms with van der Waals surface area (Å²) in [6.07, 6.45) is 0. The molecule has 2 aromatic rings. The number of sulfonamides is 1. The van der Waals surface area contributed by atoms with Crippen molar-refractivity contribution in [2.24, 2.45) is 7.05 Å². The van der Waals surface area contributed by atoms with Crippen molar-refractivity contribution in [1.82, 2.24) is 8.87 Å². The second kappa shape index (κ2) is 8.26. The summed E-state index contributed by atoms with van der Waals surface area (Å²) >= 11 is 12.0. The van der Waals surface area contributed by atoms with Gasteiger partial charge in [0.2, 0.25) is 10.0 Å². The van der Waals surface area contributed by atoms with Crippen molar-refractivity contribution < 1.29 is 18.1 Å². The lowest BCUT2D eigenvalue weighted by molar-refractivity contribution is -0.384. The Kier molecular flexibility index (Phi) is 6.15. The number of hydrogen-bond acceptors (Lipinski definition) is 6. The minimum atomic E-state index is -3.83. The molecule has 12 heteroatoms. The van der Waals surface area contributed by atoms with E-state index in [-0.39, 0.29) is 35.9 Å². The Morgan fingerprint density at radius 2 is 1.93 bits per heavy atom. The van der Waals surface area contributed by atoms with E-state index >= 15 is 0 Å². The predicted molar refractivity (Wildman–Crippen MR) is 105 cm³/mol. The molecule has 0 radical (unpaired) electrons. The first-order chi connectivity index (χ1) is 13.2. The van der Waals surface area contributed by atoms with Gasteiger partial charge in [-0.25, -0.2) is 8.42 Å². The summed E-state index contributed by atoms with van der Waals surface area (Å²) < 4.78 is 33.5. The van der Waals surface area contributed by atoms with Crippen molar-refractivity contribution in [3.63, 3.8) is 0 Å². The van der Waals surface area contributed by atoms with E-state index in [9.17, 15) is 18.5 Å². The fourth-order valence-electron chi connectivity index (χ4n) is 2.85. The fourth-order valence-corrected chi connectivity index (χ4v) is 4.70. The number of benzene rings is 1. The number of anilines is 1. The highest BCUT2D eigenvalue weighted by molar-refractivity contribution is 7.89. The van der Waals surface area contributed by atoms with E-state index in [0.717, 1.165) is 6.07 Å². The van der Waals surface area contributed by atoms with Crippen LogP contribution in [0.15, 0.2) is 29.2 Å². The second-order valence-electron chi connectivity index (χ2n) is 6.14. The van der Waals surface area contributed by atoms with Crippen LogP contribution in [0.4, 0.5) is 11.4 Å². The number of halogens is 2. The molecule has 1 aromatic carbocycles. The summed E-state index contributed by atoms with van der Waals surface area (Å²) in [6, 6.07) is 5.46. The minimum Gasteiger partial charge on any atom is -0.379 e. The third-order valence-corrected chi connectivity index (χ3v) is 7.19. The number of nitro benzene ring substituents is 1. The number of hydrogen-bond donors (Lipinski definition) is 1. The van der Waals surface area contributed by atoms with Crippen molar-refractivity contribution >= 4 is 44.6 Å². The quantitative estimate of drug-likeness (QED) is 0.537. The summed E-state index contributed by atoms with van der Waals surface area (Å²) in [5.74, 6) is 0. The van der Waals surface area contributed by atoms with Crippen LogP contribution in [0.2, 0.25) is 10.2 Å². The molecule has 1 aliphatic rings. The Hall–Kier alpha value is -1.85. The summed E-state index contributed by atoms with van der Waals surface area (Å²) in [4.78, 5) is 10.8. The van der Waals surface area contributed by atoms with Gasteiger partial charge in [0.05, 0.1) is 34.6 Å². The number of rotatable bonds is 6. The highest BCUT2D eigenvalue weighted by atomic mass is 35.5. The monoisotopic (exact) mass is 448 g/mol. The van der Waals surface area contributed by atoms with Gasteiger partial charge in [-0.3, -0.25) is 10.1 Å². The maximum absolute atomic E-state index is 12.7. The molecule has 0 amide bonds.